The summed E-state index contributed by atoms with van der Waals surface area (Å²) in [4.78, 5) is 17.7. The van der Waals surface area contributed by atoms with Crippen LogP contribution in [0.1, 0.15) is 21.9 Å². The normalized spacial score (nSPS) is 10.5. The number of carboxylic acids is 1. The lowest BCUT2D eigenvalue weighted by molar-refractivity contribution is 0.0692. The Morgan fingerprint density at radius 3 is 2.74 bits per heavy atom. The van der Waals surface area contributed by atoms with Crippen molar-refractivity contribution in [1.29, 1.82) is 0 Å². The van der Waals surface area contributed by atoms with Gasteiger partial charge in [-0.05, 0) is 13.0 Å². The van der Waals surface area contributed by atoms with Crippen molar-refractivity contribution in [2.75, 3.05) is 5.32 Å². The van der Waals surface area contributed by atoms with Crippen LogP contribution in [-0.4, -0.2) is 21.0 Å². The fourth-order valence-electron chi connectivity index (χ4n) is 1.60. The Bertz CT molecular complexity index is 625. The third-order valence-corrected chi connectivity index (χ3v) is 2.51. The van der Waals surface area contributed by atoms with Gasteiger partial charge in [-0.1, -0.05) is 0 Å². The topological polar surface area (TPSA) is 78.0 Å². The van der Waals surface area contributed by atoms with Gasteiger partial charge in [0, 0.05) is 6.07 Å². The summed E-state index contributed by atoms with van der Waals surface area (Å²) in [6.07, 6.45) is 1.57. The van der Waals surface area contributed by atoms with Gasteiger partial charge < -0.3 is 15.4 Å². The van der Waals surface area contributed by atoms with Crippen molar-refractivity contribution in [2.45, 2.75) is 13.5 Å². The molecule has 0 bridgehead atoms. The van der Waals surface area contributed by atoms with E-state index >= 15 is 0 Å². The van der Waals surface area contributed by atoms with Crippen LogP contribution < -0.4 is 5.32 Å². The zero-order valence-corrected chi connectivity index (χ0v) is 10.00. The number of benzene rings is 1. The van der Waals surface area contributed by atoms with Gasteiger partial charge in [0.25, 0.3) is 0 Å². The number of carboxylic acid groups (broad SMARTS) is 1. The Labute approximate surface area is 107 Å². The second-order valence-electron chi connectivity index (χ2n) is 3.96. The molecule has 0 aliphatic carbocycles. The number of anilines is 1. The van der Waals surface area contributed by atoms with Gasteiger partial charge in [-0.3, -0.25) is 0 Å². The fourth-order valence-corrected chi connectivity index (χ4v) is 1.60. The first kappa shape index (κ1) is 13.0. The molecule has 1 aromatic heterocycles. The lowest BCUT2D eigenvalue weighted by Gasteiger charge is -2.08. The zero-order chi connectivity index (χ0) is 14.0. The van der Waals surface area contributed by atoms with Crippen molar-refractivity contribution >= 4 is 11.7 Å². The number of aromatic amines is 1. The molecular formula is C12H11F2N3O2. The van der Waals surface area contributed by atoms with E-state index in [0.717, 1.165) is 6.07 Å². The van der Waals surface area contributed by atoms with E-state index in [2.05, 4.69) is 15.3 Å². The summed E-state index contributed by atoms with van der Waals surface area (Å²) >= 11 is 0. The van der Waals surface area contributed by atoms with Crippen molar-refractivity contribution in [3.8, 4) is 0 Å². The first-order valence-electron chi connectivity index (χ1n) is 5.44. The molecule has 2 aromatic rings. The number of nitrogens with one attached hydrogen (secondary N) is 2. The number of nitrogens with zero attached hydrogens (tertiary/aromatic N) is 1. The summed E-state index contributed by atoms with van der Waals surface area (Å²) in [6.45, 7) is 1.99. The lowest BCUT2D eigenvalue weighted by Crippen LogP contribution is -2.07. The van der Waals surface area contributed by atoms with Crippen LogP contribution in [0.4, 0.5) is 14.5 Å². The first-order valence-corrected chi connectivity index (χ1v) is 5.44. The summed E-state index contributed by atoms with van der Waals surface area (Å²) in [5.41, 5.74) is 0.0499. The maximum Gasteiger partial charge on any atom is 0.338 e. The largest absolute Gasteiger partial charge is 0.478 e. The third kappa shape index (κ3) is 2.87. The van der Waals surface area contributed by atoms with Crippen LogP contribution in [0.3, 0.4) is 0 Å². The fraction of sp³-hybridized carbons (Fsp3) is 0.167. The second-order valence-corrected chi connectivity index (χ2v) is 3.96. The van der Waals surface area contributed by atoms with Crippen molar-refractivity contribution in [3.63, 3.8) is 0 Å². The van der Waals surface area contributed by atoms with E-state index in [4.69, 9.17) is 5.11 Å². The molecule has 3 N–H and O–H groups in total. The van der Waals surface area contributed by atoms with Gasteiger partial charge in [0.2, 0.25) is 0 Å². The number of imidazole rings is 1. The van der Waals surface area contributed by atoms with Gasteiger partial charge in [-0.25, -0.2) is 18.6 Å². The molecule has 0 radical (unpaired) electrons. The highest BCUT2D eigenvalue weighted by Gasteiger charge is 2.15. The Morgan fingerprint density at radius 2 is 2.16 bits per heavy atom. The highest BCUT2D eigenvalue weighted by molar-refractivity contribution is 5.89. The summed E-state index contributed by atoms with van der Waals surface area (Å²) in [5, 5.41) is 11.5. The molecular weight excluding hydrogens is 256 g/mol. The van der Waals surface area contributed by atoms with Crippen molar-refractivity contribution < 1.29 is 18.7 Å². The molecule has 2 rings (SSSR count). The standard InChI is InChI=1S/C12H11F2N3O2/c1-6-15-4-7(17-6)5-16-11-2-8(12(18)19)9(13)3-10(11)14/h2-4,16H,5H2,1H3,(H,15,17)(H,18,19). The van der Waals surface area contributed by atoms with Crippen LogP contribution in [0.15, 0.2) is 18.3 Å². The van der Waals surface area contributed by atoms with E-state index in [1.807, 2.05) is 0 Å². The molecule has 0 amide bonds. The van der Waals surface area contributed by atoms with Gasteiger partial charge in [0.15, 0.2) is 0 Å². The van der Waals surface area contributed by atoms with Gasteiger partial charge in [0.1, 0.15) is 17.5 Å². The molecule has 100 valence electrons. The van der Waals surface area contributed by atoms with Crippen LogP contribution in [0, 0.1) is 18.6 Å². The summed E-state index contributed by atoms with van der Waals surface area (Å²) in [6, 6.07) is 1.47. The average molecular weight is 267 g/mol. The molecule has 0 atom stereocenters. The Hall–Kier alpha value is -2.44. The SMILES string of the molecule is Cc1ncc(CNc2cc(C(=O)O)c(F)cc2F)[nH]1. The summed E-state index contributed by atoms with van der Waals surface area (Å²) in [5.74, 6) is -2.69. The molecule has 0 saturated heterocycles. The number of aromatic carboxylic acids is 1. The predicted octanol–water partition coefficient (Wildman–Crippen LogP) is 2.31. The monoisotopic (exact) mass is 267 g/mol. The van der Waals surface area contributed by atoms with E-state index in [1.54, 1.807) is 13.1 Å². The molecule has 19 heavy (non-hydrogen) atoms. The molecule has 0 unspecified atom stereocenters. The summed E-state index contributed by atoms with van der Waals surface area (Å²) in [7, 11) is 0. The zero-order valence-electron chi connectivity index (χ0n) is 10.00. The second kappa shape index (κ2) is 5.05. The van der Waals surface area contributed by atoms with Crippen molar-refractivity contribution in [3.05, 3.63) is 47.0 Å². The number of H-pyrrole nitrogens is 1. The van der Waals surface area contributed by atoms with E-state index in [9.17, 15) is 13.6 Å². The van der Waals surface area contributed by atoms with E-state index in [1.165, 1.54) is 0 Å². The number of rotatable bonds is 4. The lowest BCUT2D eigenvalue weighted by atomic mass is 10.1. The van der Waals surface area contributed by atoms with Crippen molar-refractivity contribution in [1.82, 2.24) is 9.97 Å². The Balaban J connectivity index is 2.20. The molecule has 1 heterocycles. The maximum atomic E-state index is 13.5. The highest BCUT2D eigenvalue weighted by Crippen LogP contribution is 2.20. The van der Waals surface area contributed by atoms with E-state index in [-0.39, 0.29) is 12.2 Å². The number of hydrogen-bond acceptors (Lipinski definition) is 3. The molecule has 7 heteroatoms. The van der Waals surface area contributed by atoms with Gasteiger partial charge in [-0.2, -0.15) is 0 Å². The number of halogens is 2. The van der Waals surface area contributed by atoms with Crippen LogP contribution in [0.25, 0.3) is 0 Å². The molecule has 5 nitrogen and oxygen atoms in total. The molecule has 0 saturated carbocycles. The number of aryl methyl sites for hydroxylation is 1. The molecule has 0 fully saturated rings. The number of hydrogen-bond donors (Lipinski definition) is 3. The minimum absolute atomic E-state index is 0.0777. The molecule has 0 spiro atoms. The molecule has 0 aliphatic heterocycles. The van der Waals surface area contributed by atoms with Crippen molar-refractivity contribution in [2.24, 2.45) is 0 Å². The van der Waals surface area contributed by atoms with E-state index < -0.39 is 23.2 Å². The van der Waals surface area contributed by atoms with Crippen LogP contribution >= 0.6 is 0 Å². The minimum atomic E-state index is -1.45. The Morgan fingerprint density at radius 1 is 1.42 bits per heavy atom. The minimum Gasteiger partial charge on any atom is -0.478 e. The predicted molar refractivity (Wildman–Crippen MR) is 64.0 cm³/mol. The first-order chi connectivity index (χ1) is 8.97. The van der Waals surface area contributed by atoms with E-state index in [0.29, 0.717) is 17.6 Å². The third-order valence-electron chi connectivity index (χ3n) is 2.51. The number of carbonyl (C=O) groups is 1. The van der Waals surface area contributed by atoms with Gasteiger partial charge in [-0.15, -0.1) is 0 Å². The van der Waals surface area contributed by atoms with Crippen LogP contribution in [0.2, 0.25) is 0 Å². The number of aromatic nitrogens is 2. The molecule has 1 aromatic carbocycles. The summed E-state index contributed by atoms with van der Waals surface area (Å²) < 4.78 is 26.7. The van der Waals surface area contributed by atoms with Gasteiger partial charge in [0.05, 0.1) is 29.7 Å². The van der Waals surface area contributed by atoms with Crippen LogP contribution in [0.5, 0.6) is 0 Å². The Kier molecular flexibility index (Phi) is 3.46. The highest BCUT2D eigenvalue weighted by atomic mass is 19.1. The maximum absolute atomic E-state index is 13.5. The quantitative estimate of drug-likeness (QED) is 0.794. The molecule has 0 aliphatic rings. The average Bonchev–Trinajstić information content (AvgIpc) is 2.73. The van der Waals surface area contributed by atoms with Crippen LogP contribution in [-0.2, 0) is 6.54 Å². The van der Waals surface area contributed by atoms with Gasteiger partial charge >= 0.3 is 5.97 Å². The smallest absolute Gasteiger partial charge is 0.338 e.